The lowest BCUT2D eigenvalue weighted by atomic mass is 10.1. The predicted molar refractivity (Wildman–Crippen MR) is 121 cm³/mol. The average Bonchev–Trinajstić information content (AvgIpc) is 2.78. The summed E-state index contributed by atoms with van der Waals surface area (Å²) in [6, 6.07) is 14.0. The Morgan fingerprint density at radius 3 is 2.39 bits per heavy atom. The molecule has 2 aromatic rings. The number of carbonyl (C=O) groups excluding carboxylic acids is 2. The van der Waals surface area contributed by atoms with Crippen LogP contribution in [0.2, 0.25) is 5.02 Å². The quantitative estimate of drug-likeness (QED) is 0.648. The van der Waals surface area contributed by atoms with Gasteiger partial charge in [0, 0.05) is 42.3 Å². The van der Waals surface area contributed by atoms with Crippen LogP contribution in [0.4, 0.5) is 0 Å². The molecular formula is C24H29ClN2O4. The Morgan fingerprint density at radius 1 is 1.13 bits per heavy atom. The van der Waals surface area contributed by atoms with E-state index in [0.29, 0.717) is 60.6 Å². The first-order valence-electron chi connectivity index (χ1n) is 10.5. The third-order valence-corrected chi connectivity index (χ3v) is 5.40. The van der Waals surface area contributed by atoms with E-state index in [1.807, 2.05) is 4.90 Å². The number of hydrogen-bond acceptors (Lipinski definition) is 4. The van der Waals surface area contributed by atoms with Gasteiger partial charge in [0.05, 0.1) is 19.8 Å². The van der Waals surface area contributed by atoms with Crippen LogP contribution in [-0.2, 0) is 4.74 Å². The number of benzene rings is 2. The number of rotatable bonds is 7. The molecule has 6 nitrogen and oxygen atoms in total. The maximum atomic E-state index is 13.2. The van der Waals surface area contributed by atoms with Gasteiger partial charge < -0.3 is 19.3 Å². The molecule has 0 aromatic heterocycles. The Labute approximate surface area is 188 Å². The van der Waals surface area contributed by atoms with Crippen molar-refractivity contribution in [2.75, 3.05) is 39.9 Å². The molecule has 0 bridgehead atoms. The van der Waals surface area contributed by atoms with E-state index in [4.69, 9.17) is 21.1 Å². The normalized spacial score (nSPS) is 16.3. The van der Waals surface area contributed by atoms with Gasteiger partial charge in [-0.1, -0.05) is 25.4 Å². The van der Waals surface area contributed by atoms with Crippen molar-refractivity contribution in [3.63, 3.8) is 0 Å². The van der Waals surface area contributed by atoms with E-state index in [9.17, 15) is 9.59 Å². The van der Waals surface area contributed by atoms with Gasteiger partial charge in [-0.2, -0.15) is 0 Å². The Kier molecular flexibility index (Phi) is 7.93. The second kappa shape index (κ2) is 10.6. The molecule has 1 heterocycles. The molecule has 1 aliphatic rings. The highest BCUT2D eigenvalue weighted by molar-refractivity contribution is 6.30. The predicted octanol–water partition coefficient (Wildman–Crippen LogP) is 3.99. The van der Waals surface area contributed by atoms with Crippen molar-refractivity contribution < 1.29 is 19.1 Å². The summed E-state index contributed by atoms with van der Waals surface area (Å²) in [5.74, 6) is 0.902. The summed E-state index contributed by atoms with van der Waals surface area (Å²) in [6.07, 6.45) is -0.244. The van der Waals surface area contributed by atoms with Gasteiger partial charge in [-0.05, 0) is 54.4 Å². The highest BCUT2D eigenvalue weighted by atomic mass is 35.5. The largest absolute Gasteiger partial charge is 0.497 e. The molecule has 0 radical (unpaired) electrons. The van der Waals surface area contributed by atoms with Crippen molar-refractivity contribution in [1.82, 2.24) is 9.80 Å². The van der Waals surface area contributed by atoms with Gasteiger partial charge in [0.15, 0.2) is 0 Å². The molecule has 3 rings (SSSR count). The summed E-state index contributed by atoms with van der Waals surface area (Å²) in [5, 5.41) is 0.595. The molecule has 1 unspecified atom stereocenters. The first kappa shape index (κ1) is 23.1. The number of ether oxygens (including phenoxy) is 2. The number of methoxy groups -OCH3 is 1. The monoisotopic (exact) mass is 444 g/mol. The average molecular weight is 445 g/mol. The summed E-state index contributed by atoms with van der Waals surface area (Å²) in [6.45, 7) is 6.58. The standard InChI is InChI=1S/C24H29ClN2O4/c1-17(2)14-27(24(29)19-6-10-21(30-3)11-7-19)16-22-15-26(12-13-31-22)23(28)18-4-8-20(25)9-5-18/h4-11,17,22H,12-16H2,1-3H3. The Hall–Kier alpha value is -2.57. The first-order chi connectivity index (χ1) is 14.9. The van der Waals surface area contributed by atoms with Gasteiger partial charge in [-0.3, -0.25) is 9.59 Å². The molecule has 31 heavy (non-hydrogen) atoms. The number of amides is 2. The van der Waals surface area contributed by atoms with Crippen molar-refractivity contribution in [3.05, 3.63) is 64.7 Å². The van der Waals surface area contributed by atoms with Crippen molar-refractivity contribution in [2.24, 2.45) is 5.92 Å². The van der Waals surface area contributed by atoms with Crippen LogP contribution < -0.4 is 4.74 Å². The molecule has 166 valence electrons. The zero-order chi connectivity index (χ0) is 22.4. The van der Waals surface area contributed by atoms with Crippen molar-refractivity contribution in [2.45, 2.75) is 20.0 Å². The molecule has 1 saturated heterocycles. The molecule has 2 aromatic carbocycles. The summed E-state index contributed by atoms with van der Waals surface area (Å²) in [4.78, 5) is 29.6. The summed E-state index contributed by atoms with van der Waals surface area (Å²) in [7, 11) is 1.60. The maximum Gasteiger partial charge on any atom is 0.254 e. The second-order valence-corrected chi connectivity index (χ2v) is 8.52. The maximum absolute atomic E-state index is 13.2. The van der Waals surface area contributed by atoms with Gasteiger partial charge in [0.2, 0.25) is 0 Å². The molecular weight excluding hydrogens is 416 g/mol. The van der Waals surface area contributed by atoms with E-state index in [1.165, 1.54) is 0 Å². The lowest BCUT2D eigenvalue weighted by Crippen LogP contribution is -2.51. The highest BCUT2D eigenvalue weighted by Gasteiger charge is 2.28. The summed E-state index contributed by atoms with van der Waals surface area (Å²) in [5.41, 5.74) is 1.20. The van der Waals surface area contributed by atoms with Crippen LogP contribution in [0.25, 0.3) is 0 Å². The summed E-state index contributed by atoms with van der Waals surface area (Å²) >= 11 is 5.93. The van der Waals surface area contributed by atoms with E-state index >= 15 is 0 Å². The van der Waals surface area contributed by atoms with Crippen LogP contribution in [-0.4, -0.2) is 67.6 Å². The minimum Gasteiger partial charge on any atom is -0.497 e. The third kappa shape index (κ3) is 6.21. The van der Waals surface area contributed by atoms with Gasteiger partial charge in [-0.15, -0.1) is 0 Å². The van der Waals surface area contributed by atoms with Crippen LogP contribution in [0.3, 0.4) is 0 Å². The van der Waals surface area contributed by atoms with E-state index in [1.54, 1.807) is 60.5 Å². The van der Waals surface area contributed by atoms with Crippen LogP contribution in [0.1, 0.15) is 34.6 Å². The molecule has 1 fully saturated rings. The van der Waals surface area contributed by atoms with Crippen molar-refractivity contribution in [1.29, 1.82) is 0 Å². The zero-order valence-corrected chi connectivity index (χ0v) is 19.0. The Bertz CT molecular complexity index is 883. The Morgan fingerprint density at radius 2 is 1.77 bits per heavy atom. The molecule has 1 atom stereocenters. The number of nitrogens with zero attached hydrogens (tertiary/aromatic N) is 2. The molecule has 0 spiro atoms. The van der Waals surface area contributed by atoms with Gasteiger partial charge in [0.1, 0.15) is 5.75 Å². The first-order valence-corrected chi connectivity index (χ1v) is 10.8. The molecule has 1 aliphatic heterocycles. The van der Waals surface area contributed by atoms with Crippen LogP contribution in [0.15, 0.2) is 48.5 Å². The fraction of sp³-hybridized carbons (Fsp3) is 0.417. The lowest BCUT2D eigenvalue weighted by Gasteiger charge is -2.36. The molecule has 0 saturated carbocycles. The van der Waals surface area contributed by atoms with E-state index in [-0.39, 0.29) is 17.9 Å². The topological polar surface area (TPSA) is 59.1 Å². The van der Waals surface area contributed by atoms with E-state index in [2.05, 4.69) is 13.8 Å². The molecule has 0 N–H and O–H groups in total. The number of hydrogen-bond donors (Lipinski definition) is 0. The SMILES string of the molecule is COc1ccc(C(=O)N(CC(C)C)CC2CN(C(=O)c3ccc(Cl)cc3)CCO2)cc1. The lowest BCUT2D eigenvalue weighted by molar-refractivity contribution is -0.0340. The Balaban J connectivity index is 1.69. The molecule has 7 heteroatoms. The zero-order valence-electron chi connectivity index (χ0n) is 18.2. The van der Waals surface area contributed by atoms with Crippen LogP contribution in [0.5, 0.6) is 5.75 Å². The van der Waals surface area contributed by atoms with Gasteiger partial charge >= 0.3 is 0 Å². The second-order valence-electron chi connectivity index (χ2n) is 8.08. The van der Waals surface area contributed by atoms with Gasteiger partial charge in [0.25, 0.3) is 11.8 Å². The van der Waals surface area contributed by atoms with Crippen LogP contribution in [0, 0.1) is 5.92 Å². The number of carbonyl (C=O) groups is 2. The smallest absolute Gasteiger partial charge is 0.254 e. The van der Waals surface area contributed by atoms with E-state index in [0.717, 1.165) is 0 Å². The highest BCUT2D eigenvalue weighted by Crippen LogP contribution is 2.18. The minimum atomic E-state index is -0.244. The number of halogens is 1. The molecule has 0 aliphatic carbocycles. The fourth-order valence-electron chi connectivity index (χ4n) is 3.63. The van der Waals surface area contributed by atoms with Gasteiger partial charge in [-0.25, -0.2) is 0 Å². The minimum absolute atomic E-state index is 0.0538. The number of morpholine rings is 1. The molecule has 2 amide bonds. The van der Waals surface area contributed by atoms with Crippen molar-refractivity contribution in [3.8, 4) is 5.75 Å². The third-order valence-electron chi connectivity index (χ3n) is 5.15. The van der Waals surface area contributed by atoms with Crippen molar-refractivity contribution >= 4 is 23.4 Å². The summed E-state index contributed by atoms with van der Waals surface area (Å²) < 4.78 is 11.1. The fourth-order valence-corrected chi connectivity index (χ4v) is 3.76. The van der Waals surface area contributed by atoms with Crippen LogP contribution >= 0.6 is 11.6 Å². The van der Waals surface area contributed by atoms with E-state index < -0.39 is 0 Å².